The number of carbonyl (C=O) groups is 3. The number of aryl methyl sites for hydroxylation is 1. The highest BCUT2D eigenvalue weighted by molar-refractivity contribution is 7.91. The molecule has 1 atom stereocenters. The van der Waals surface area contributed by atoms with Crippen molar-refractivity contribution >= 4 is 27.6 Å². The van der Waals surface area contributed by atoms with Gasteiger partial charge in [-0.1, -0.05) is 19.3 Å². The highest BCUT2D eigenvalue weighted by Gasteiger charge is 2.55. The molecule has 3 fully saturated rings. The number of sulfone groups is 1. The van der Waals surface area contributed by atoms with Gasteiger partial charge < -0.3 is 9.47 Å². The maximum absolute atomic E-state index is 13.1. The first kappa shape index (κ1) is 21.1. The van der Waals surface area contributed by atoms with Gasteiger partial charge in [0.25, 0.3) is 5.91 Å². The van der Waals surface area contributed by atoms with E-state index in [4.69, 9.17) is 0 Å². The number of hydrogen-bond acceptors (Lipinski definition) is 5. The molecule has 9 heteroatoms. The van der Waals surface area contributed by atoms with Gasteiger partial charge in [-0.15, -0.1) is 0 Å². The van der Waals surface area contributed by atoms with Gasteiger partial charge in [-0.3, -0.25) is 14.5 Å². The summed E-state index contributed by atoms with van der Waals surface area (Å²) < 4.78 is 25.7. The highest BCUT2D eigenvalue weighted by atomic mass is 32.2. The second kappa shape index (κ2) is 7.21. The second-order valence-electron chi connectivity index (χ2n) is 8.96. The standard InChI is InChI=1S/C21H29N3O5S/c1-14-11-17(15(2)24(14)16-7-10-30(28,29)13-16)18(25)12-23-19(26)21(22(3)20(23)27)8-5-4-6-9-21/h11,16H,4-10,12-13H2,1-3H3/t16-/m1/s1. The van der Waals surface area contributed by atoms with E-state index in [1.54, 1.807) is 20.0 Å². The summed E-state index contributed by atoms with van der Waals surface area (Å²) >= 11 is 0. The summed E-state index contributed by atoms with van der Waals surface area (Å²) in [5.41, 5.74) is 1.16. The van der Waals surface area contributed by atoms with Crippen LogP contribution in [-0.4, -0.2) is 71.1 Å². The van der Waals surface area contributed by atoms with Crippen molar-refractivity contribution in [2.24, 2.45) is 0 Å². The van der Waals surface area contributed by atoms with Gasteiger partial charge in [-0.25, -0.2) is 13.2 Å². The maximum atomic E-state index is 13.1. The van der Waals surface area contributed by atoms with Gasteiger partial charge in [0.05, 0.1) is 18.1 Å². The molecule has 3 heterocycles. The average Bonchev–Trinajstić information content (AvgIpc) is 3.26. The lowest BCUT2D eigenvalue weighted by molar-refractivity contribution is -0.134. The predicted molar refractivity (Wildman–Crippen MR) is 111 cm³/mol. The van der Waals surface area contributed by atoms with Crippen LogP contribution >= 0.6 is 0 Å². The van der Waals surface area contributed by atoms with Gasteiger partial charge >= 0.3 is 6.03 Å². The van der Waals surface area contributed by atoms with E-state index >= 15 is 0 Å². The molecule has 4 rings (SSSR count). The Bertz CT molecular complexity index is 1020. The van der Waals surface area contributed by atoms with Crippen molar-refractivity contribution in [3.8, 4) is 0 Å². The number of amides is 3. The minimum Gasteiger partial charge on any atom is -0.344 e. The topological polar surface area (TPSA) is 96.8 Å². The van der Waals surface area contributed by atoms with E-state index in [2.05, 4.69) is 0 Å². The largest absolute Gasteiger partial charge is 0.344 e. The van der Waals surface area contributed by atoms with Crippen LogP contribution < -0.4 is 0 Å². The molecular formula is C21H29N3O5S. The van der Waals surface area contributed by atoms with Gasteiger partial charge in [0.15, 0.2) is 15.6 Å². The summed E-state index contributed by atoms with van der Waals surface area (Å²) in [7, 11) is -1.40. The lowest BCUT2D eigenvalue weighted by atomic mass is 9.80. The molecule has 1 spiro atoms. The number of urea groups is 1. The van der Waals surface area contributed by atoms with Crippen LogP contribution in [0.4, 0.5) is 4.79 Å². The average molecular weight is 436 g/mol. The number of ketones is 1. The molecule has 0 unspecified atom stereocenters. The Labute approximate surface area is 177 Å². The Morgan fingerprint density at radius 2 is 1.83 bits per heavy atom. The second-order valence-corrected chi connectivity index (χ2v) is 11.2. The summed E-state index contributed by atoms with van der Waals surface area (Å²) in [6.45, 7) is 3.37. The third-order valence-corrected chi connectivity index (χ3v) is 8.89. The molecule has 8 nitrogen and oxygen atoms in total. The molecule has 1 aromatic heterocycles. The number of nitrogens with zero attached hydrogens (tertiary/aromatic N) is 3. The molecular weight excluding hydrogens is 406 g/mol. The van der Waals surface area contributed by atoms with Gasteiger partial charge in [0.2, 0.25) is 0 Å². The maximum Gasteiger partial charge on any atom is 0.327 e. The van der Waals surface area contributed by atoms with Crippen molar-refractivity contribution < 1.29 is 22.8 Å². The first-order chi connectivity index (χ1) is 14.1. The molecule has 1 aliphatic carbocycles. The fourth-order valence-electron chi connectivity index (χ4n) is 5.50. The van der Waals surface area contributed by atoms with Crippen LogP contribution in [0.5, 0.6) is 0 Å². The molecule has 0 aromatic carbocycles. The zero-order valence-electron chi connectivity index (χ0n) is 17.8. The van der Waals surface area contributed by atoms with E-state index in [1.807, 2.05) is 11.5 Å². The van der Waals surface area contributed by atoms with Gasteiger partial charge in [0, 0.05) is 30.0 Å². The van der Waals surface area contributed by atoms with Crippen molar-refractivity contribution in [1.82, 2.24) is 14.4 Å². The predicted octanol–water partition coefficient (Wildman–Crippen LogP) is 2.24. The zero-order valence-corrected chi connectivity index (χ0v) is 18.6. The van der Waals surface area contributed by atoms with E-state index in [9.17, 15) is 22.8 Å². The molecule has 3 amide bonds. The van der Waals surface area contributed by atoms with Crippen LogP contribution in [0.2, 0.25) is 0 Å². The van der Waals surface area contributed by atoms with Crippen LogP contribution in [0.3, 0.4) is 0 Å². The van der Waals surface area contributed by atoms with Crippen LogP contribution in [0.25, 0.3) is 0 Å². The van der Waals surface area contributed by atoms with Crippen molar-refractivity contribution in [1.29, 1.82) is 0 Å². The molecule has 2 aliphatic heterocycles. The summed E-state index contributed by atoms with van der Waals surface area (Å²) in [4.78, 5) is 41.7. The smallest absolute Gasteiger partial charge is 0.327 e. The zero-order chi connectivity index (χ0) is 21.8. The van der Waals surface area contributed by atoms with Gasteiger partial charge in [-0.05, 0) is 39.2 Å². The molecule has 2 saturated heterocycles. The molecule has 1 saturated carbocycles. The molecule has 0 N–H and O–H groups in total. The van der Waals surface area contributed by atoms with E-state index < -0.39 is 21.4 Å². The third kappa shape index (κ3) is 3.18. The van der Waals surface area contributed by atoms with E-state index in [0.717, 1.165) is 29.9 Å². The Hall–Kier alpha value is -2.16. The Balaban J connectivity index is 1.57. The molecule has 0 bridgehead atoms. The fraction of sp³-hybridized carbons (Fsp3) is 0.667. The molecule has 3 aliphatic rings. The van der Waals surface area contributed by atoms with Crippen molar-refractivity contribution in [3.63, 3.8) is 0 Å². The molecule has 0 radical (unpaired) electrons. The Morgan fingerprint density at radius 1 is 1.17 bits per heavy atom. The SMILES string of the molecule is Cc1cc(C(=O)CN2C(=O)N(C)C3(CCCCC3)C2=O)c(C)n1[C@@H]1CCS(=O)(=O)C1. The lowest BCUT2D eigenvalue weighted by Crippen LogP contribution is -2.49. The monoisotopic (exact) mass is 435 g/mol. The lowest BCUT2D eigenvalue weighted by Gasteiger charge is -2.35. The van der Waals surface area contributed by atoms with Crippen molar-refractivity contribution in [3.05, 3.63) is 23.0 Å². The van der Waals surface area contributed by atoms with Crippen LogP contribution in [0.15, 0.2) is 6.07 Å². The van der Waals surface area contributed by atoms with Crippen LogP contribution in [0, 0.1) is 13.8 Å². The Kier molecular flexibility index (Phi) is 5.07. The quantitative estimate of drug-likeness (QED) is 0.534. The Morgan fingerprint density at radius 3 is 2.43 bits per heavy atom. The molecule has 30 heavy (non-hydrogen) atoms. The fourth-order valence-corrected chi connectivity index (χ4v) is 7.20. The summed E-state index contributed by atoms with van der Waals surface area (Å²) in [5, 5.41) is 0. The van der Waals surface area contributed by atoms with E-state index in [-0.39, 0.29) is 35.8 Å². The van der Waals surface area contributed by atoms with Gasteiger partial charge in [0.1, 0.15) is 5.54 Å². The van der Waals surface area contributed by atoms with Crippen LogP contribution in [0.1, 0.15) is 66.3 Å². The third-order valence-electron chi connectivity index (χ3n) is 7.14. The normalized spacial score (nSPS) is 25.5. The first-order valence-corrected chi connectivity index (χ1v) is 12.4. The summed E-state index contributed by atoms with van der Waals surface area (Å²) in [6, 6.07) is 1.16. The first-order valence-electron chi connectivity index (χ1n) is 10.6. The number of Topliss-reactive ketones (excluding diaryl/α,β-unsaturated/α-hetero) is 1. The number of rotatable bonds is 4. The summed E-state index contributed by atoms with van der Waals surface area (Å²) in [6.07, 6.45) is 4.67. The number of hydrogen-bond donors (Lipinski definition) is 0. The van der Waals surface area contributed by atoms with E-state index in [1.165, 1.54) is 4.90 Å². The minimum atomic E-state index is -3.05. The molecule has 164 valence electrons. The van der Waals surface area contributed by atoms with Gasteiger partial charge in [-0.2, -0.15) is 0 Å². The number of carbonyl (C=O) groups excluding carboxylic acids is 3. The number of likely N-dealkylation sites (N-methyl/N-ethyl adjacent to an activating group) is 1. The summed E-state index contributed by atoms with van der Waals surface area (Å²) in [5.74, 6) is -0.326. The minimum absolute atomic E-state index is 0.0768. The van der Waals surface area contributed by atoms with Crippen molar-refractivity contribution in [2.75, 3.05) is 25.1 Å². The highest BCUT2D eigenvalue weighted by Crippen LogP contribution is 2.39. The van der Waals surface area contributed by atoms with E-state index in [0.29, 0.717) is 30.5 Å². The molecule has 1 aromatic rings. The van der Waals surface area contributed by atoms with Crippen LogP contribution in [-0.2, 0) is 14.6 Å². The number of aromatic nitrogens is 1. The van der Waals surface area contributed by atoms with Crippen molar-refractivity contribution in [2.45, 2.75) is 64.0 Å². The number of imide groups is 1.